The SMILES string of the molecule is CCS(=O)(=O)NC[C@H]1CCn2nccc2CN1CC1CCC1. The summed E-state index contributed by atoms with van der Waals surface area (Å²) in [5, 5.41) is 4.38. The minimum absolute atomic E-state index is 0.143. The monoisotopic (exact) mass is 326 g/mol. The first-order valence-electron chi connectivity index (χ1n) is 8.29. The van der Waals surface area contributed by atoms with Crippen LogP contribution in [0.2, 0.25) is 0 Å². The average Bonchev–Trinajstić information content (AvgIpc) is 2.82. The molecule has 0 bridgehead atoms. The molecule has 1 aliphatic carbocycles. The molecule has 0 unspecified atom stereocenters. The minimum Gasteiger partial charge on any atom is -0.293 e. The lowest BCUT2D eigenvalue weighted by Gasteiger charge is -2.36. The highest BCUT2D eigenvalue weighted by molar-refractivity contribution is 7.89. The predicted octanol–water partition coefficient (Wildman–Crippen LogP) is 1.20. The van der Waals surface area contributed by atoms with Crippen molar-refractivity contribution in [2.45, 2.75) is 51.7 Å². The molecule has 1 fully saturated rings. The third-order valence-corrected chi connectivity index (χ3v) is 6.36. The van der Waals surface area contributed by atoms with E-state index in [1.807, 2.05) is 6.20 Å². The van der Waals surface area contributed by atoms with Crippen LogP contribution in [0.1, 0.15) is 38.3 Å². The Morgan fingerprint density at radius 1 is 1.36 bits per heavy atom. The smallest absolute Gasteiger partial charge is 0.211 e. The Bertz CT molecular complexity index is 594. The van der Waals surface area contributed by atoms with Gasteiger partial charge in [0, 0.05) is 38.4 Å². The van der Waals surface area contributed by atoms with Crippen molar-refractivity contribution in [3.63, 3.8) is 0 Å². The molecule has 1 atom stereocenters. The van der Waals surface area contributed by atoms with Crippen molar-refractivity contribution < 1.29 is 8.42 Å². The number of nitrogens with one attached hydrogen (secondary N) is 1. The molecule has 7 heteroatoms. The molecule has 0 spiro atoms. The van der Waals surface area contributed by atoms with E-state index in [2.05, 4.69) is 25.5 Å². The molecule has 22 heavy (non-hydrogen) atoms. The summed E-state index contributed by atoms with van der Waals surface area (Å²) >= 11 is 0. The van der Waals surface area contributed by atoms with Gasteiger partial charge in [-0.3, -0.25) is 9.58 Å². The first-order chi connectivity index (χ1) is 10.6. The van der Waals surface area contributed by atoms with Crippen LogP contribution < -0.4 is 4.72 Å². The fourth-order valence-corrected chi connectivity index (χ4v) is 3.91. The predicted molar refractivity (Wildman–Crippen MR) is 85.8 cm³/mol. The van der Waals surface area contributed by atoms with Crippen LogP contribution in [0.4, 0.5) is 0 Å². The van der Waals surface area contributed by atoms with E-state index in [9.17, 15) is 8.42 Å². The molecular formula is C15H26N4O2S. The second-order valence-electron chi connectivity index (χ2n) is 6.47. The zero-order chi connectivity index (χ0) is 15.6. The summed E-state index contributed by atoms with van der Waals surface area (Å²) < 4.78 is 28.3. The highest BCUT2D eigenvalue weighted by Crippen LogP contribution is 2.29. The molecule has 0 amide bonds. The van der Waals surface area contributed by atoms with Gasteiger partial charge in [0.25, 0.3) is 0 Å². The number of hydrogen-bond donors (Lipinski definition) is 1. The van der Waals surface area contributed by atoms with E-state index in [0.717, 1.165) is 32.0 Å². The van der Waals surface area contributed by atoms with Gasteiger partial charge in [-0.05, 0) is 38.2 Å². The Balaban J connectivity index is 1.69. The first kappa shape index (κ1) is 16.0. The lowest BCUT2D eigenvalue weighted by Crippen LogP contribution is -2.46. The van der Waals surface area contributed by atoms with Gasteiger partial charge < -0.3 is 0 Å². The Kier molecular flexibility index (Phi) is 4.84. The second-order valence-corrected chi connectivity index (χ2v) is 8.56. The van der Waals surface area contributed by atoms with E-state index in [-0.39, 0.29) is 11.8 Å². The Morgan fingerprint density at radius 2 is 2.18 bits per heavy atom. The van der Waals surface area contributed by atoms with Crippen LogP contribution in [0.25, 0.3) is 0 Å². The van der Waals surface area contributed by atoms with Gasteiger partial charge in [-0.15, -0.1) is 0 Å². The average molecular weight is 326 g/mol. The van der Waals surface area contributed by atoms with Gasteiger partial charge in [0.1, 0.15) is 0 Å². The van der Waals surface area contributed by atoms with Gasteiger partial charge in [0.2, 0.25) is 10.0 Å². The topological polar surface area (TPSA) is 67.2 Å². The lowest BCUT2D eigenvalue weighted by atomic mass is 9.84. The third-order valence-electron chi connectivity index (χ3n) is 5.00. The maximum Gasteiger partial charge on any atom is 0.211 e. The van der Waals surface area contributed by atoms with Crippen molar-refractivity contribution in [2.75, 3.05) is 18.8 Å². The minimum atomic E-state index is -3.13. The van der Waals surface area contributed by atoms with Crippen LogP contribution in [0, 0.1) is 5.92 Å². The summed E-state index contributed by atoms with van der Waals surface area (Å²) in [6.45, 7) is 4.99. The zero-order valence-electron chi connectivity index (χ0n) is 13.2. The van der Waals surface area contributed by atoms with Crippen molar-refractivity contribution in [1.29, 1.82) is 0 Å². The summed E-state index contributed by atoms with van der Waals surface area (Å²) in [5.74, 6) is 0.920. The van der Waals surface area contributed by atoms with Crippen LogP contribution in [-0.2, 0) is 23.1 Å². The van der Waals surface area contributed by atoms with Crippen molar-refractivity contribution in [1.82, 2.24) is 19.4 Å². The number of sulfonamides is 1. The molecule has 1 saturated carbocycles. The summed E-state index contributed by atoms with van der Waals surface area (Å²) in [6.07, 6.45) is 6.75. The maximum atomic E-state index is 11.7. The maximum absolute atomic E-state index is 11.7. The van der Waals surface area contributed by atoms with Crippen molar-refractivity contribution in [3.05, 3.63) is 18.0 Å². The van der Waals surface area contributed by atoms with Crippen molar-refractivity contribution >= 4 is 10.0 Å². The third kappa shape index (κ3) is 3.70. The highest BCUT2D eigenvalue weighted by Gasteiger charge is 2.29. The summed E-state index contributed by atoms with van der Waals surface area (Å²) in [5.41, 5.74) is 1.24. The number of aromatic nitrogens is 2. The summed E-state index contributed by atoms with van der Waals surface area (Å²) in [4.78, 5) is 2.46. The van der Waals surface area contributed by atoms with E-state index < -0.39 is 10.0 Å². The van der Waals surface area contributed by atoms with Gasteiger partial charge in [-0.1, -0.05) is 6.42 Å². The number of hydrogen-bond acceptors (Lipinski definition) is 4. The number of fused-ring (bicyclic) bond motifs is 1. The molecule has 2 heterocycles. The molecule has 1 aromatic heterocycles. The number of rotatable bonds is 6. The van der Waals surface area contributed by atoms with E-state index in [0.29, 0.717) is 6.54 Å². The van der Waals surface area contributed by atoms with E-state index in [1.165, 1.54) is 25.0 Å². The van der Waals surface area contributed by atoms with Crippen LogP contribution in [-0.4, -0.2) is 48.0 Å². The van der Waals surface area contributed by atoms with Crippen LogP contribution >= 0.6 is 0 Å². The normalized spacial score (nSPS) is 23.8. The lowest BCUT2D eigenvalue weighted by molar-refractivity contribution is 0.124. The molecular weight excluding hydrogens is 300 g/mol. The highest BCUT2D eigenvalue weighted by atomic mass is 32.2. The summed E-state index contributed by atoms with van der Waals surface area (Å²) in [7, 11) is -3.13. The van der Waals surface area contributed by atoms with Crippen molar-refractivity contribution in [2.24, 2.45) is 5.92 Å². The van der Waals surface area contributed by atoms with Gasteiger partial charge in [-0.25, -0.2) is 13.1 Å². The van der Waals surface area contributed by atoms with Crippen LogP contribution in [0.5, 0.6) is 0 Å². The summed E-state index contributed by atoms with van der Waals surface area (Å²) in [6, 6.07) is 2.33. The quantitative estimate of drug-likeness (QED) is 0.853. The Labute approximate surface area is 132 Å². The largest absolute Gasteiger partial charge is 0.293 e. The second kappa shape index (κ2) is 6.68. The van der Waals surface area contributed by atoms with Crippen LogP contribution in [0.15, 0.2) is 12.3 Å². The number of nitrogens with zero attached hydrogens (tertiary/aromatic N) is 3. The van der Waals surface area contributed by atoms with Gasteiger partial charge >= 0.3 is 0 Å². The van der Waals surface area contributed by atoms with E-state index in [1.54, 1.807) is 6.92 Å². The molecule has 0 saturated heterocycles. The molecule has 3 rings (SSSR count). The molecule has 1 aromatic rings. The molecule has 2 aliphatic rings. The van der Waals surface area contributed by atoms with Gasteiger partial charge in [-0.2, -0.15) is 5.10 Å². The van der Waals surface area contributed by atoms with Gasteiger partial charge in [0.15, 0.2) is 0 Å². The fraction of sp³-hybridized carbons (Fsp3) is 0.800. The Hall–Kier alpha value is -0.920. The number of aryl methyl sites for hydroxylation is 1. The molecule has 0 aromatic carbocycles. The van der Waals surface area contributed by atoms with Crippen LogP contribution in [0.3, 0.4) is 0 Å². The van der Waals surface area contributed by atoms with E-state index >= 15 is 0 Å². The zero-order valence-corrected chi connectivity index (χ0v) is 14.1. The Morgan fingerprint density at radius 3 is 2.86 bits per heavy atom. The first-order valence-corrected chi connectivity index (χ1v) is 9.94. The van der Waals surface area contributed by atoms with Crippen molar-refractivity contribution in [3.8, 4) is 0 Å². The molecule has 1 aliphatic heterocycles. The fourth-order valence-electron chi connectivity index (χ4n) is 3.26. The van der Waals surface area contributed by atoms with Gasteiger partial charge in [0.05, 0.1) is 11.4 Å². The molecule has 0 radical (unpaired) electrons. The van der Waals surface area contributed by atoms with E-state index in [4.69, 9.17) is 0 Å². The molecule has 1 N–H and O–H groups in total. The molecule has 6 nitrogen and oxygen atoms in total. The standard InChI is InChI=1S/C15H26N4O2S/c1-2-22(20,21)17-10-14-7-9-19-15(6-8-16-19)12-18(14)11-13-4-3-5-13/h6,8,13-14,17H,2-5,7,9-12H2,1H3/t14-/m1/s1. The molecule has 124 valence electrons.